The Labute approximate surface area is 94.4 Å². The minimum Gasteiger partial charge on any atom is -0.497 e. The van der Waals surface area contributed by atoms with Crippen molar-refractivity contribution in [2.45, 2.75) is 13.3 Å². The normalized spacial score (nSPS) is 10.1. The van der Waals surface area contributed by atoms with Crippen LogP contribution in [-0.2, 0) is 6.42 Å². The van der Waals surface area contributed by atoms with Gasteiger partial charge in [-0.1, -0.05) is 12.1 Å². The molecule has 1 heterocycles. The molecule has 0 aliphatic carbocycles. The smallest absolute Gasteiger partial charge is 0.136 e. The van der Waals surface area contributed by atoms with Gasteiger partial charge in [-0.15, -0.1) is 0 Å². The van der Waals surface area contributed by atoms with Crippen LogP contribution in [0.1, 0.15) is 17.2 Å². The lowest BCUT2D eigenvalue weighted by Gasteiger charge is -2.02. The fourth-order valence-corrected chi connectivity index (χ4v) is 1.43. The Balaban J connectivity index is 2.14. The standard InChI is InChI=1S/C12H13N3O/c1-9-13-8-14-12(15-9)7-10-3-5-11(16-2)6-4-10/h3-6,8H,7H2,1-2H3. The predicted octanol–water partition coefficient (Wildman–Crippen LogP) is 1.78. The van der Waals surface area contributed by atoms with E-state index < -0.39 is 0 Å². The summed E-state index contributed by atoms with van der Waals surface area (Å²) in [5.74, 6) is 2.40. The van der Waals surface area contributed by atoms with Gasteiger partial charge in [-0.3, -0.25) is 0 Å². The van der Waals surface area contributed by atoms with Gasteiger partial charge in [-0.2, -0.15) is 0 Å². The van der Waals surface area contributed by atoms with Gasteiger partial charge in [0.2, 0.25) is 0 Å². The van der Waals surface area contributed by atoms with Gasteiger partial charge in [0.05, 0.1) is 7.11 Å². The van der Waals surface area contributed by atoms with E-state index in [4.69, 9.17) is 4.74 Å². The summed E-state index contributed by atoms with van der Waals surface area (Å²) in [6.07, 6.45) is 2.26. The molecule has 16 heavy (non-hydrogen) atoms. The third-order valence-corrected chi connectivity index (χ3v) is 2.26. The first-order valence-corrected chi connectivity index (χ1v) is 5.05. The van der Waals surface area contributed by atoms with E-state index in [1.54, 1.807) is 13.4 Å². The minimum atomic E-state index is 0.716. The van der Waals surface area contributed by atoms with Gasteiger partial charge in [-0.05, 0) is 24.6 Å². The van der Waals surface area contributed by atoms with Crippen LogP contribution in [0.3, 0.4) is 0 Å². The number of hydrogen-bond donors (Lipinski definition) is 0. The van der Waals surface area contributed by atoms with E-state index in [1.807, 2.05) is 31.2 Å². The average molecular weight is 215 g/mol. The summed E-state index contributed by atoms with van der Waals surface area (Å²) in [6, 6.07) is 7.89. The predicted molar refractivity (Wildman–Crippen MR) is 60.4 cm³/mol. The molecule has 0 aliphatic rings. The van der Waals surface area contributed by atoms with Gasteiger partial charge >= 0.3 is 0 Å². The molecule has 0 N–H and O–H groups in total. The van der Waals surface area contributed by atoms with Gasteiger partial charge in [0.25, 0.3) is 0 Å². The van der Waals surface area contributed by atoms with Gasteiger partial charge in [0, 0.05) is 6.42 Å². The monoisotopic (exact) mass is 215 g/mol. The van der Waals surface area contributed by atoms with Gasteiger partial charge < -0.3 is 4.74 Å². The van der Waals surface area contributed by atoms with Crippen molar-refractivity contribution in [2.24, 2.45) is 0 Å². The maximum atomic E-state index is 5.10. The molecule has 0 spiro atoms. The maximum Gasteiger partial charge on any atom is 0.136 e. The summed E-state index contributed by atoms with van der Waals surface area (Å²) in [5.41, 5.74) is 1.16. The highest BCUT2D eigenvalue weighted by Gasteiger charge is 2.00. The van der Waals surface area contributed by atoms with Crippen molar-refractivity contribution in [1.82, 2.24) is 15.0 Å². The summed E-state index contributed by atoms with van der Waals surface area (Å²) < 4.78 is 5.10. The number of aryl methyl sites for hydroxylation is 1. The molecule has 0 saturated heterocycles. The van der Waals surface area contributed by atoms with Crippen LogP contribution in [-0.4, -0.2) is 22.1 Å². The molecule has 4 heteroatoms. The van der Waals surface area contributed by atoms with Crippen molar-refractivity contribution in [3.05, 3.63) is 47.8 Å². The molecule has 0 atom stereocenters. The van der Waals surface area contributed by atoms with Gasteiger partial charge in [-0.25, -0.2) is 15.0 Å². The molecule has 1 aromatic heterocycles. The SMILES string of the molecule is COc1ccc(Cc2ncnc(C)n2)cc1. The first-order valence-electron chi connectivity index (χ1n) is 5.05. The summed E-state index contributed by atoms with van der Waals surface area (Å²) >= 11 is 0. The Bertz CT molecular complexity index is 468. The Morgan fingerprint density at radius 1 is 1.12 bits per heavy atom. The van der Waals surface area contributed by atoms with Crippen molar-refractivity contribution >= 4 is 0 Å². The molecule has 82 valence electrons. The van der Waals surface area contributed by atoms with Crippen LogP contribution in [0.2, 0.25) is 0 Å². The molecule has 0 amide bonds. The van der Waals surface area contributed by atoms with Crippen molar-refractivity contribution in [2.75, 3.05) is 7.11 Å². The van der Waals surface area contributed by atoms with Crippen molar-refractivity contribution in [1.29, 1.82) is 0 Å². The van der Waals surface area contributed by atoms with E-state index in [0.29, 0.717) is 6.42 Å². The molecule has 0 fully saturated rings. The molecule has 0 aliphatic heterocycles. The van der Waals surface area contributed by atoms with Crippen molar-refractivity contribution < 1.29 is 4.74 Å². The summed E-state index contributed by atoms with van der Waals surface area (Å²) in [4.78, 5) is 12.3. The Morgan fingerprint density at radius 3 is 2.50 bits per heavy atom. The van der Waals surface area contributed by atoms with E-state index in [9.17, 15) is 0 Å². The molecule has 0 unspecified atom stereocenters. The lowest BCUT2D eigenvalue weighted by molar-refractivity contribution is 0.414. The van der Waals surface area contributed by atoms with E-state index in [1.165, 1.54) is 0 Å². The Hall–Kier alpha value is -1.97. The maximum absolute atomic E-state index is 5.10. The lowest BCUT2D eigenvalue weighted by Crippen LogP contribution is -1.99. The van der Waals surface area contributed by atoms with E-state index in [-0.39, 0.29) is 0 Å². The van der Waals surface area contributed by atoms with Crippen LogP contribution in [0.4, 0.5) is 0 Å². The fraction of sp³-hybridized carbons (Fsp3) is 0.250. The largest absolute Gasteiger partial charge is 0.497 e. The van der Waals surface area contributed by atoms with E-state index >= 15 is 0 Å². The second-order valence-electron chi connectivity index (χ2n) is 3.47. The number of methoxy groups -OCH3 is 1. The number of aromatic nitrogens is 3. The molecule has 1 aromatic carbocycles. The zero-order valence-corrected chi connectivity index (χ0v) is 9.34. The van der Waals surface area contributed by atoms with Crippen LogP contribution in [0, 0.1) is 6.92 Å². The molecule has 4 nitrogen and oxygen atoms in total. The highest BCUT2D eigenvalue weighted by Crippen LogP contribution is 2.13. The van der Waals surface area contributed by atoms with Gasteiger partial charge in [0.1, 0.15) is 23.7 Å². The number of ether oxygens (including phenoxy) is 1. The molecule has 2 aromatic rings. The first kappa shape index (κ1) is 10.5. The molecule has 0 bridgehead atoms. The Morgan fingerprint density at radius 2 is 1.88 bits per heavy atom. The Kier molecular flexibility index (Phi) is 3.10. The highest BCUT2D eigenvalue weighted by atomic mass is 16.5. The van der Waals surface area contributed by atoms with E-state index in [0.717, 1.165) is 23.0 Å². The number of rotatable bonds is 3. The van der Waals surface area contributed by atoms with E-state index in [2.05, 4.69) is 15.0 Å². The van der Waals surface area contributed by atoms with Crippen LogP contribution in [0.5, 0.6) is 5.75 Å². The number of benzene rings is 1. The lowest BCUT2D eigenvalue weighted by atomic mass is 10.1. The number of nitrogens with zero attached hydrogens (tertiary/aromatic N) is 3. The fourth-order valence-electron chi connectivity index (χ4n) is 1.43. The first-order chi connectivity index (χ1) is 7.78. The second-order valence-corrected chi connectivity index (χ2v) is 3.47. The summed E-state index contributed by atoms with van der Waals surface area (Å²) in [7, 11) is 1.66. The summed E-state index contributed by atoms with van der Waals surface area (Å²) in [6.45, 7) is 1.86. The summed E-state index contributed by atoms with van der Waals surface area (Å²) in [5, 5.41) is 0. The zero-order chi connectivity index (χ0) is 11.4. The van der Waals surface area contributed by atoms with Crippen LogP contribution < -0.4 is 4.74 Å². The zero-order valence-electron chi connectivity index (χ0n) is 9.34. The third-order valence-electron chi connectivity index (χ3n) is 2.26. The van der Waals surface area contributed by atoms with Crippen molar-refractivity contribution in [3.8, 4) is 5.75 Å². The van der Waals surface area contributed by atoms with Crippen LogP contribution in [0.15, 0.2) is 30.6 Å². The molecule has 2 rings (SSSR count). The topological polar surface area (TPSA) is 47.9 Å². The van der Waals surface area contributed by atoms with Crippen LogP contribution in [0.25, 0.3) is 0 Å². The highest BCUT2D eigenvalue weighted by molar-refractivity contribution is 5.28. The minimum absolute atomic E-state index is 0.716. The quantitative estimate of drug-likeness (QED) is 0.783. The number of hydrogen-bond acceptors (Lipinski definition) is 4. The average Bonchev–Trinajstić information content (AvgIpc) is 2.30. The van der Waals surface area contributed by atoms with Crippen LogP contribution >= 0.6 is 0 Å². The molecule has 0 saturated carbocycles. The van der Waals surface area contributed by atoms with Gasteiger partial charge in [0.15, 0.2) is 0 Å². The molecular formula is C12H13N3O. The second kappa shape index (κ2) is 4.70. The van der Waals surface area contributed by atoms with Crippen molar-refractivity contribution in [3.63, 3.8) is 0 Å². The molecule has 0 radical (unpaired) electrons. The molecular weight excluding hydrogens is 202 g/mol. The third kappa shape index (κ3) is 2.53.